The van der Waals surface area contributed by atoms with Gasteiger partial charge >= 0.3 is 0 Å². The molecule has 0 fully saturated rings. The highest BCUT2D eigenvalue weighted by Crippen LogP contribution is 2.31. The van der Waals surface area contributed by atoms with Crippen LogP contribution in [-0.2, 0) is 10.0 Å². The zero-order valence-corrected chi connectivity index (χ0v) is 20.7. The van der Waals surface area contributed by atoms with Crippen LogP contribution >= 0.6 is 11.6 Å². The maximum absolute atomic E-state index is 12.9. The van der Waals surface area contributed by atoms with Crippen LogP contribution in [0.1, 0.15) is 55.6 Å². The minimum Gasteiger partial charge on any atom is -0.490 e. The summed E-state index contributed by atoms with van der Waals surface area (Å²) in [5, 5.41) is 3.05. The number of hydrogen-bond acceptors (Lipinski definition) is 5. The van der Waals surface area contributed by atoms with Crippen molar-refractivity contribution < 1.29 is 22.7 Å². The van der Waals surface area contributed by atoms with Crippen LogP contribution in [0.25, 0.3) is 0 Å². The monoisotopic (exact) mass is 482 g/mol. The van der Waals surface area contributed by atoms with E-state index >= 15 is 0 Å². The Kier molecular flexibility index (Phi) is 9.36. The van der Waals surface area contributed by atoms with Crippen LogP contribution in [0.3, 0.4) is 0 Å². The van der Waals surface area contributed by atoms with Crippen LogP contribution in [0, 0.1) is 0 Å². The van der Waals surface area contributed by atoms with Crippen molar-refractivity contribution in [3.05, 3.63) is 52.5 Å². The van der Waals surface area contributed by atoms with Gasteiger partial charge < -0.3 is 14.8 Å². The number of rotatable bonds is 11. The fourth-order valence-corrected chi connectivity index (χ4v) is 3.99. The minimum absolute atomic E-state index is 0.00243. The molecule has 32 heavy (non-hydrogen) atoms. The molecule has 0 saturated carbocycles. The number of ether oxygens (including phenoxy) is 2. The van der Waals surface area contributed by atoms with E-state index in [0.717, 1.165) is 22.7 Å². The van der Waals surface area contributed by atoms with Crippen LogP contribution in [0.15, 0.2) is 41.3 Å². The number of halogens is 1. The number of carbonyl (C=O) groups excluding carboxylic acids is 1. The number of benzene rings is 2. The molecule has 7 nitrogen and oxygen atoms in total. The number of sulfonamides is 1. The fraction of sp³-hybridized carbons (Fsp3) is 0.435. The molecule has 0 aliphatic carbocycles. The second-order valence-electron chi connectivity index (χ2n) is 7.53. The van der Waals surface area contributed by atoms with Crippen molar-refractivity contribution in [2.45, 2.75) is 44.6 Å². The van der Waals surface area contributed by atoms with E-state index in [9.17, 15) is 13.2 Å². The van der Waals surface area contributed by atoms with Gasteiger partial charge in [-0.2, -0.15) is 0 Å². The Balaban J connectivity index is 2.27. The smallest absolute Gasteiger partial charge is 0.253 e. The predicted molar refractivity (Wildman–Crippen MR) is 126 cm³/mol. The van der Waals surface area contributed by atoms with Crippen molar-refractivity contribution in [1.29, 1.82) is 0 Å². The summed E-state index contributed by atoms with van der Waals surface area (Å²) < 4.78 is 37.5. The van der Waals surface area contributed by atoms with Gasteiger partial charge in [-0.25, -0.2) is 12.7 Å². The highest BCUT2D eigenvalue weighted by Gasteiger charge is 2.22. The van der Waals surface area contributed by atoms with Crippen LogP contribution < -0.4 is 14.8 Å². The summed E-state index contributed by atoms with van der Waals surface area (Å²) in [4.78, 5) is 12.9. The summed E-state index contributed by atoms with van der Waals surface area (Å²) in [7, 11) is -0.836. The Morgan fingerprint density at radius 3 is 2.25 bits per heavy atom. The molecule has 2 aromatic rings. The lowest BCUT2D eigenvalue weighted by Crippen LogP contribution is -2.28. The van der Waals surface area contributed by atoms with Gasteiger partial charge in [-0.15, -0.1) is 0 Å². The zero-order chi connectivity index (χ0) is 23.9. The van der Waals surface area contributed by atoms with E-state index in [1.54, 1.807) is 0 Å². The van der Waals surface area contributed by atoms with Gasteiger partial charge in [-0.1, -0.05) is 31.5 Å². The molecule has 9 heteroatoms. The first-order valence-electron chi connectivity index (χ1n) is 10.5. The largest absolute Gasteiger partial charge is 0.490 e. The molecule has 1 atom stereocenters. The van der Waals surface area contributed by atoms with Crippen LogP contribution in [0.5, 0.6) is 11.5 Å². The van der Waals surface area contributed by atoms with Crippen LogP contribution in [0.2, 0.25) is 5.02 Å². The molecule has 0 spiro atoms. The lowest BCUT2D eigenvalue weighted by atomic mass is 10.1. The number of carbonyl (C=O) groups is 1. The van der Waals surface area contributed by atoms with Crippen molar-refractivity contribution in [3.8, 4) is 11.5 Å². The lowest BCUT2D eigenvalue weighted by Gasteiger charge is -2.19. The summed E-state index contributed by atoms with van der Waals surface area (Å²) in [6, 6.07) is 9.24. The Hall–Kier alpha value is -2.29. The molecule has 0 radical (unpaired) electrons. The quantitative estimate of drug-likeness (QED) is 0.503. The van der Waals surface area contributed by atoms with E-state index in [4.69, 9.17) is 21.1 Å². The van der Waals surface area contributed by atoms with E-state index < -0.39 is 15.9 Å². The third-order valence-corrected chi connectivity index (χ3v) is 6.84. The van der Waals surface area contributed by atoms with E-state index in [2.05, 4.69) is 5.32 Å². The molecule has 2 aromatic carbocycles. The van der Waals surface area contributed by atoms with Gasteiger partial charge in [0.15, 0.2) is 11.5 Å². The summed E-state index contributed by atoms with van der Waals surface area (Å²) in [6.07, 6.45) is 1.74. The van der Waals surface area contributed by atoms with Gasteiger partial charge in [0.25, 0.3) is 5.91 Å². The van der Waals surface area contributed by atoms with Crippen molar-refractivity contribution in [3.63, 3.8) is 0 Å². The molecule has 1 amide bonds. The molecule has 176 valence electrons. The molecule has 0 heterocycles. The zero-order valence-electron chi connectivity index (χ0n) is 19.1. The van der Waals surface area contributed by atoms with Gasteiger partial charge in [0.05, 0.1) is 34.7 Å². The highest BCUT2D eigenvalue weighted by atomic mass is 35.5. The lowest BCUT2D eigenvalue weighted by molar-refractivity contribution is 0.0939. The normalized spacial score (nSPS) is 12.5. The average Bonchev–Trinajstić information content (AvgIpc) is 2.76. The van der Waals surface area contributed by atoms with Crippen molar-refractivity contribution >= 4 is 27.5 Å². The molecule has 0 bridgehead atoms. The average molecular weight is 483 g/mol. The number of nitrogens with zero attached hydrogens (tertiary/aromatic N) is 1. The molecule has 0 aromatic heterocycles. The maximum atomic E-state index is 12.9. The SMILES string of the molecule is CCCOc1ccc(C(C)NC(=O)c2cc(S(=O)(=O)N(C)C)ccc2Cl)cc1OCCC. The van der Waals surface area contributed by atoms with Gasteiger partial charge in [-0.05, 0) is 55.7 Å². The third-order valence-electron chi connectivity index (χ3n) is 4.70. The highest BCUT2D eigenvalue weighted by molar-refractivity contribution is 7.89. The van der Waals surface area contributed by atoms with E-state index in [-0.39, 0.29) is 21.5 Å². The Morgan fingerprint density at radius 2 is 1.66 bits per heavy atom. The minimum atomic E-state index is -3.69. The summed E-state index contributed by atoms with van der Waals surface area (Å²) in [5.74, 6) is 0.809. The molecular formula is C23H31ClN2O5S. The first-order valence-corrected chi connectivity index (χ1v) is 12.4. The summed E-state index contributed by atoms with van der Waals surface area (Å²) in [6.45, 7) is 7.02. The van der Waals surface area contributed by atoms with Crippen molar-refractivity contribution in [2.75, 3.05) is 27.3 Å². The van der Waals surface area contributed by atoms with Gasteiger partial charge in [0.2, 0.25) is 10.0 Å². The molecule has 2 rings (SSSR count). The maximum Gasteiger partial charge on any atom is 0.253 e. The first kappa shape index (κ1) is 26.0. The molecule has 1 unspecified atom stereocenters. The topological polar surface area (TPSA) is 84.9 Å². The van der Waals surface area contributed by atoms with Gasteiger partial charge in [0.1, 0.15) is 0 Å². The Morgan fingerprint density at radius 1 is 1.03 bits per heavy atom. The van der Waals surface area contributed by atoms with Crippen LogP contribution in [-0.4, -0.2) is 45.9 Å². The standard InChI is InChI=1S/C23H31ClN2O5S/c1-6-12-30-21-11-8-17(14-22(21)31-13-7-2)16(3)25-23(27)19-15-18(9-10-20(19)24)32(28,29)26(4)5/h8-11,14-16H,6-7,12-13H2,1-5H3,(H,25,27). The summed E-state index contributed by atoms with van der Waals surface area (Å²) in [5.41, 5.74) is 0.910. The second-order valence-corrected chi connectivity index (χ2v) is 10.1. The van der Waals surface area contributed by atoms with E-state index in [1.165, 1.54) is 32.3 Å². The van der Waals surface area contributed by atoms with Crippen LogP contribution in [0.4, 0.5) is 0 Å². The van der Waals surface area contributed by atoms with Gasteiger partial charge in [0, 0.05) is 14.1 Å². The predicted octanol–water partition coefficient (Wildman–Crippen LogP) is 4.66. The van der Waals surface area contributed by atoms with E-state index in [1.807, 2.05) is 39.0 Å². The van der Waals surface area contributed by atoms with Gasteiger partial charge in [-0.3, -0.25) is 4.79 Å². The Bertz CT molecular complexity index is 1040. The number of nitrogens with one attached hydrogen (secondary N) is 1. The fourth-order valence-electron chi connectivity index (χ4n) is 2.86. The number of amides is 1. The van der Waals surface area contributed by atoms with E-state index in [0.29, 0.717) is 24.7 Å². The molecule has 1 N–H and O–H groups in total. The molecule has 0 aliphatic heterocycles. The van der Waals surface area contributed by atoms with Crippen molar-refractivity contribution in [2.24, 2.45) is 0 Å². The summed E-state index contributed by atoms with van der Waals surface area (Å²) >= 11 is 6.20. The molecular weight excluding hydrogens is 452 g/mol. The number of hydrogen-bond donors (Lipinski definition) is 1. The third kappa shape index (κ3) is 6.37. The second kappa shape index (κ2) is 11.5. The Labute approximate surface area is 195 Å². The first-order chi connectivity index (χ1) is 15.1. The molecule has 0 saturated heterocycles. The van der Waals surface area contributed by atoms with Crippen molar-refractivity contribution in [1.82, 2.24) is 9.62 Å². The molecule has 0 aliphatic rings.